The molecule has 0 amide bonds. The summed E-state index contributed by atoms with van der Waals surface area (Å²) in [6.07, 6.45) is 3.25. The highest BCUT2D eigenvalue weighted by molar-refractivity contribution is 5.60. The van der Waals surface area contributed by atoms with E-state index in [9.17, 15) is 14.4 Å². The second-order valence-electron chi connectivity index (χ2n) is 11.0. The second kappa shape index (κ2) is 26.1. The van der Waals surface area contributed by atoms with Gasteiger partial charge in [-0.3, -0.25) is 0 Å². The number of rotatable bonds is 26. The standard InChI is InChI=1S/C31H58O12/c1-8-12-14-26(10-3)19-41-30(34)39-16-23(5)36-21-28(43-25(7)18-38-29(32)33)22-37-24(6)17-40-31(35)42-20-27(11-4)15-13-9-2/h23-28H,8-22H2,1-7H3,(H,32,33). The van der Waals surface area contributed by atoms with Crippen molar-refractivity contribution < 1.29 is 57.4 Å². The minimum Gasteiger partial charge on any atom is -0.450 e. The van der Waals surface area contributed by atoms with Crippen molar-refractivity contribution in [3.05, 3.63) is 0 Å². The average molecular weight is 623 g/mol. The van der Waals surface area contributed by atoms with Gasteiger partial charge in [0.05, 0.1) is 44.7 Å². The van der Waals surface area contributed by atoms with Crippen LogP contribution in [0, 0.1) is 11.8 Å². The summed E-state index contributed by atoms with van der Waals surface area (Å²) in [6, 6.07) is 0. The highest BCUT2D eigenvalue weighted by atomic mass is 16.7. The van der Waals surface area contributed by atoms with Crippen molar-refractivity contribution in [3.63, 3.8) is 0 Å². The molecule has 12 nitrogen and oxygen atoms in total. The molecular weight excluding hydrogens is 564 g/mol. The molecule has 0 saturated carbocycles. The van der Waals surface area contributed by atoms with Crippen molar-refractivity contribution in [2.75, 3.05) is 46.2 Å². The maximum atomic E-state index is 12.0. The molecule has 0 heterocycles. The molecule has 43 heavy (non-hydrogen) atoms. The van der Waals surface area contributed by atoms with E-state index in [0.29, 0.717) is 25.0 Å². The Hall–Kier alpha value is -2.31. The molecule has 0 aromatic carbocycles. The summed E-state index contributed by atoms with van der Waals surface area (Å²) >= 11 is 0. The van der Waals surface area contributed by atoms with Gasteiger partial charge in [-0.25, -0.2) is 14.4 Å². The lowest BCUT2D eigenvalue weighted by Crippen LogP contribution is -2.35. The van der Waals surface area contributed by atoms with Crippen LogP contribution in [0.3, 0.4) is 0 Å². The molecule has 0 fully saturated rings. The quantitative estimate of drug-likeness (QED) is 0.0782. The van der Waals surface area contributed by atoms with E-state index in [2.05, 4.69) is 32.4 Å². The van der Waals surface area contributed by atoms with Gasteiger partial charge in [0.25, 0.3) is 0 Å². The van der Waals surface area contributed by atoms with E-state index < -0.39 is 42.9 Å². The fraction of sp³-hybridized carbons (Fsp3) is 0.903. The highest BCUT2D eigenvalue weighted by Crippen LogP contribution is 2.14. The Morgan fingerprint density at radius 3 is 1.33 bits per heavy atom. The fourth-order valence-electron chi connectivity index (χ4n) is 3.94. The lowest BCUT2D eigenvalue weighted by Gasteiger charge is -2.25. The molecule has 0 radical (unpaired) electrons. The summed E-state index contributed by atoms with van der Waals surface area (Å²) in [5, 5.41) is 8.77. The number of hydrogen-bond donors (Lipinski definition) is 1. The third-order valence-corrected chi connectivity index (χ3v) is 6.83. The maximum absolute atomic E-state index is 12.0. The summed E-state index contributed by atoms with van der Waals surface area (Å²) in [4.78, 5) is 34.8. The van der Waals surface area contributed by atoms with E-state index in [1.54, 1.807) is 20.8 Å². The van der Waals surface area contributed by atoms with Crippen LogP contribution in [0.25, 0.3) is 0 Å². The third-order valence-electron chi connectivity index (χ3n) is 6.83. The lowest BCUT2D eigenvalue weighted by atomic mass is 10.0. The Morgan fingerprint density at radius 1 is 0.558 bits per heavy atom. The van der Waals surface area contributed by atoms with Crippen molar-refractivity contribution in [2.45, 2.75) is 124 Å². The minimum absolute atomic E-state index is 0.0144. The van der Waals surface area contributed by atoms with Gasteiger partial charge >= 0.3 is 18.5 Å². The Kier molecular flexibility index (Phi) is 24.7. The van der Waals surface area contributed by atoms with Crippen LogP contribution < -0.4 is 0 Å². The molecule has 0 saturated heterocycles. The van der Waals surface area contributed by atoms with Gasteiger partial charge < -0.3 is 43.0 Å². The smallest absolute Gasteiger partial charge is 0.450 e. The zero-order valence-electron chi connectivity index (χ0n) is 27.5. The second-order valence-corrected chi connectivity index (χ2v) is 11.0. The molecule has 5 unspecified atom stereocenters. The molecule has 0 spiro atoms. The first-order valence-corrected chi connectivity index (χ1v) is 15.9. The van der Waals surface area contributed by atoms with E-state index in [1.165, 1.54) is 0 Å². The van der Waals surface area contributed by atoms with Crippen molar-refractivity contribution in [1.29, 1.82) is 0 Å². The maximum Gasteiger partial charge on any atom is 0.508 e. The summed E-state index contributed by atoms with van der Waals surface area (Å²) in [7, 11) is 0. The minimum atomic E-state index is -1.40. The number of carbonyl (C=O) groups excluding carboxylic acids is 2. The molecule has 5 atom stereocenters. The van der Waals surface area contributed by atoms with Gasteiger partial charge in [0, 0.05) is 0 Å². The molecule has 0 aliphatic carbocycles. The number of unbranched alkanes of at least 4 members (excludes halogenated alkanes) is 2. The first-order chi connectivity index (χ1) is 20.5. The first-order valence-electron chi connectivity index (χ1n) is 15.9. The lowest BCUT2D eigenvalue weighted by molar-refractivity contribution is -0.127. The first kappa shape index (κ1) is 40.7. The Labute approximate surface area is 258 Å². The number of carboxylic acid groups (broad SMARTS) is 1. The van der Waals surface area contributed by atoms with Crippen LogP contribution in [0.15, 0.2) is 0 Å². The van der Waals surface area contributed by atoms with Gasteiger partial charge in [-0.15, -0.1) is 0 Å². The van der Waals surface area contributed by atoms with Gasteiger partial charge in [-0.05, 0) is 45.4 Å². The highest BCUT2D eigenvalue weighted by Gasteiger charge is 2.20. The fourth-order valence-corrected chi connectivity index (χ4v) is 3.94. The summed E-state index contributed by atoms with van der Waals surface area (Å²) < 4.78 is 43.0. The van der Waals surface area contributed by atoms with Crippen LogP contribution in [0.4, 0.5) is 14.4 Å². The predicted molar refractivity (Wildman–Crippen MR) is 160 cm³/mol. The van der Waals surface area contributed by atoms with Gasteiger partial charge in [-0.2, -0.15) is 0 Å². The zero-order valence-corrected chi connectivity index (χ0v) is 27.5. The summed E-state index contributed by atoms with van der Waals surface area (Å²) in [5.74, 6) is 0.627. The third kappa shape index (κ3) is 23.8. The van der Waals surface area contributed by atoms with E-state index in [1.807, 2.05) is 0 Å². The van der Waals surface area contributed by atoms with Crippen LogP contribution in [-0.4, -0.2) is 94.2 Å². The monoisotopic (exact) mass is 622 g/mol. The van der Waals surface area contributed by atoms with Crippen LogP contribution in [0.2, 0.25) is 0 Å². The molecule has 0 bridgehead atoms. The van der Waals surface area contributed by atoms with Crippen LogP contribution in [0.5, 0.6) is 0 Å². The number of carbonyl (C=O) groups is 3. The number of ether oxygens (including phenoxy) is 8. The number of hydrogen-bond acceptors (Lipinski definition) is 11. The Bertz CT molecular complexity index is 673. The van der Waals surface area contributed by atoms with Crippen LogP contribution >= 0.6 is 0 Å². The summed E-state index contributed by atoms with van der Waals surface area (Å²) in [5.41, 5.74) is 0. The molecule has 0 rings (SSSR count). The zero-order chi connectivity index (χ0) is 32.5. The van der Waals surface area contributed by atoms with Crippen molar-refractivity contribution in [2.24, 2.45) is 11.8 Å². The van der Waals surface area contributed by atoms with Gasteiger partial charge in [-0.1, -0.05) is 66.2 Å². The van der Waals surface area contributed by atoms with Gasteiger partial charge in [0.2, 0.25) is 0 Å². The molecule has 0 aliphatic rings. The van der Waals surface area contributed by atoms with Crippen molar-refractivity contribution in [1.82, 2.24) is 0 Å². The van der Waals surface area contributed by atoms with Gasteiger partial charge in [0.15, 0.2) is 0 Å². The molecule has 1 N–H and O–H groups in total. The molecular formula is C31H58O12. The van der Waals surface area contributed by atoms with Crippen LogP contribution in [0.1, 0.15) is 99.8 Å². The van der Waals surface area contributed by atoms with E-state index in [-0.39, 0.29) is 33.0 Å². The predicted octanol–water partition coefficient (Wildman–Crippen LogP) is 7.00. The van der Waals surface area contributed by atoms with E-state index >= 15 is 0 Å². The van der Waals surface area contributed by atoms with Crippen molar-refractivity contribution >= 4 is 18.5 Å². The van der Waals surface area contributed by atoms with E-state index in [4.69, 9.17) is 38.3 Å². The Balaban J connectivity index is 4.65. The molecule has 0 aromatic heterocycles. The molecule has 0 aromatic rings. The average Bonchev–Trinajstić information content (AvgIpc) is 2.99. The van der Waals surface area contributed by atoms with Crippen molar-refractivity contribution in [3.8, 4) is 0 Å². The topological polar surface area (TPSA) is 145 Å². The summed E-state index contributed by atoms with van der Waals surface area (Å²) in [6.45, 7) is 14.1. The van der Waals surface area contributed by atoms with Crippen LogP contribution in [-0.2, 0) is 37.9 Å². The SMILES string of the molecule is CCCCC(CC)COC(=O)OCC(C)OCC(COC(C)COC(=O)OCC(CC)CCCC)OC(C)COC(=O)O. The normalized spacial score (nSPS) is 15.4. The van der Waals surface area contributed by atoms with Gasteiger partial charge in [0.1, 0.15) is 25.9 Å². The Morgan fingerprint density at radius 2 is 0.953 bits per heavy atom. The molecule has 0 aliphatic heterocycles. The molecule has 12 heteroatoms. The van der Waals surface area contributed by atoms with E-state index in [0.717, 1.165) is 51.4 Å². The largest absolute Gasteiger partial charge is 0.508 e. The molecule has 254 valence electrons.